The lowest BCUT2D eigenvalue weighted by molar-refractivity contribution is 0.533. The van der Waals surface area contributed by atoms with Gasteiger partial charge in [-0.05, 0) is 39.3 Å². The second-order valence-electron chi connectivity index (χ2n) is 5.06. The van der Waals surface area contributed by atoms with Gasteiger partial charge in [0.2, 0.25) is 0 Å². The summed E-state index contributed by atoms with van der Waals surface area (Å²) in [5.41, 5.74) is 9.78. The van der Waals surface area contributed by atoms with Gasteiger partial charge in [-0.1, -0.05) is 22.9 Å². The minimum absolute atomic E-state index is 0.461. The Morgan fingerprint density at radius 1 is 1.24 bits per heavy atom. The summed E-state index contributed by atoms with van der Waals surface area (Å²) in [6.45, 7) is 7.98. The summed E-state index contributed by atoms with van der Waals surface area (Å²) in [6, 6.07) is 6.24. The highest BCUT2D eigenvalue weighted by atomic mass is 15.4. The molecule has 1 aromatic carbocycles. The highest BCUT2D eigenvalue weighted by Crippen LogP contribution is 2.18. The first-order valence-corrected chi connectivity index (χ1v) is 5.67. The van der Waals surface area contributed by atoms with Crippen LogP contribution in [0.25, 0.3) is 5.69 Å². The van der Waals surface area contributed by atoms with Crippen LogP contribution in [0, 0.1) is 13.8 Å². The molecule has 17 heavy (non-hydrogen) atoms. The van der Waals surface area contributed by atoms with Crippen molar-refractivity contribution in [1.82, 2.24) is 15.0 Å². The van der Waals surface area contributed by atoms with Crippen molar-refractivity contribution in [2.75, 3.05) is 0 Å². The molecule has 0 aliphatic carbocycles. The van der Waals surface area contributed by atoms with Crippen molar-refractivity contribution in [2.24, 2.45) is 5.73 Å². The number of aryl methyl sites for hydroxylation is 2. The van der Waals surface area contributed by atoms with Gasteiger partial charge in [0.05, 0.1) is 17.4 Å². The maximum absolute atomic E-state index is 5.99. The Balaban J connectivity index is 2.44. The SMILES string of the molecule is Cc1ccc(-n2cc(C(C)(C)N)nn2)c(C)c1. The molecule has 0 atom stereocenters. The lowest BCUT2D eigenvalue weighted by Crippen LogP contribution is -2.29. The normalized spacial score (nSPS) is 11.8. The minimum Gasteiger partial charge on any atom is -0.320 e. The topological polar surface area (TPSA) is 56.7 Å². The van der Waals surface area contributed by atoms with Gasteiger partial charge < -0.3 is 5.73 Å². The van der Waals surface area contributed by atoms with Gasteiger partial charge in [0.1, 0.15) is 5.69 Å². The number of nitrogens with zero attached hydrogens (tertiary/aromatic N) is 3. The fourth-order valence-corrected chi connectivity index (χ4v) is 1.74. The van der Waals surface area contributed by atoms with Crippen molar-refractivity contribution in [2.45, 2.75) is 33.2 Å². The zero-order valence-corrected chi connectivity index (χ0v) is 10.7. The van der Waals surface area contributed by atoms with E-state index in [9.17, 15) is 0 Å². The Morgan fingerprint density at radius 3 is 2.47 bits per heavy atom. The highest BCUT2D eigenvalue weighted by molar-refractivity contribution is 5.41. The monoisotopic (exact) mass is 230 g/mol. The van der Waals surface area contributed by atoms with Crippen molar-refractivity contribution in [3.05, 3.63) is 41.2 Å². The van der Waals surface area contributed by atoms with E-state index in [0.717, 1.165) is 11.4 Å². The van der Waals surface area contributed by atoms with Crippen molar-refractivity contribution < 1.29 is 0 Å². The maximum Gasteiger partial charge on any atom is 0.102 e. The van der Waals surface area contributed by atoms with Gasteiger partial charge in [-0.2, -0.15) is 0 Å². The molecule has 0 saturated carbocycles. The van der Waals surface area contributed by atoms with Crippen LogP contribution < -0.4 is 5.73 Å². The quantitative estimate of drug-likeness (QED) is 0.859. The maximum atomic E-state index is 5.99. The van der Waals surface area contributed by atoms with Crippen LogP contribution in [-0.4, -0.2) is 15.0 Å². The number of rotatable bonds is 2. The van der Waals surface area contributed by atoms with Crippen LogP contribution in [0.3, 0.4) is 0 Å². The second kappa shape index (κ2) is 3.96. The molecule has 0 spiro atoms. The largest absolute Gasteiger partial charge is 0.320 e. The summed E-state index contributed by atoms with van der Waals surface area (Å²) in [7, 11) is 0. The second-order valence-corrected chi connectivity index (χ2v) is 5.06. The molecule has 0 amide bonds. The average Bonchev–Trinajstić information content (AvgIpc) is 2.65. The zero-order valence-electron chi connectivity index (χ0n) is 10.7. The predicted molar refractivity (Wildman–Crippen MR) is 68.0 cm³/mol. The third kappa shape index (κ3) is 2.36. The molecule has 0 saturated heterocycles. The van der Waals surface area contributed by atoms with E-state index in [1.54, 1.807) is 4.68 Å². The molecule has 0 unspecified atom stereocenters. The van der Waals surface area contributed by atoms with Crippen LogP contribution in [0.1, 0.15) is 30.7 Å². The Hall–Kier alpha value is -1.68. The summed E-state index contributed by atoms with van der Waals surface area (Å²) in [5.74, 6) is 0. The summed E-state index contributed by atoms with van der Waals surface area (Å²) in [4.78, 5) is 0. The van der Waals surface area contributed by atoms with Gasteiger partial charge in [-0.25, -0.2) is 4.68 Å². The first-order valence-electron chi connectivity index (χ1n) is 5.67. The predicted octanol–water partition coefficient (Wildman–Crippen LogP) is 2.08. The molecule has 1 aromatic heterocycles. The number of nitrogens with two attached hydrogens (primary N) is 1. The van der Waals surface area contributed by atoms with E-state index in [4.69, 9.17) is 5.73 Å². The van der Waals surface area contributed by atoms with Crippen molar-refractivity contribution in [3.8, 4) is 5.69 Å². The number of hydrogen-bond donors (Lipinski definition) is 1. The van der Waals surface area contributed by atoms with E-state index in [-0.39, 0.29) is 0 Å². The molecule has 2 rings (SSSR count). The lowest BCUT2D eigenvalue weighted by Gasteiger charge is -2.13. The standard InChI is InChI=1S/C13H18N4/c1-9-5-6-11(10(2)7-9)17-8-12(15-16-17)13(3,4)14/h5-8H,14H2,1-4H3. The molecule has 90 valence electrons. The van der Waals surface area contributed by atoms with Crippen molar-refractivity contribution in [3.63, 3.8) is 0 Å². The average molecular weight is 230 g/mol. The van der Waals surface area contributed by atoms with E-state index in [1.807, 2.05) is 26.1 Å². The smallest absolute Gasteiger partial charge is 0.102 e. The Labute approximate surface area is 101 Å². The Bertz CT molecular complexity index is 535. The third-order valence-electron chi connectivity index (χ3n) is 2.75. The summed E-state index contributed by atoms with van der Waals surface area (Å²) < 4.78 is 1.78. The molecular weight excluding hydrogens is 212 g/mol. The number of aromatic nitrogens is 3. The van der Waals surface area contributed by atoms with Crippen LogP contribution >= 0.6 is 0 Å². The zero-order chi connectivity index (χ0) is 12.6. The molecule has 4 nitrogen and oxygen atoms in total. The lowest BCUT2D eigenvalue weighted by atomic mass is 10.0. The van der Waals surface area contributed by atoms with Crippen LogP contribution in [-0.2, 0) is 5.54 Å². The molecule has 0 aliphatic rings. The molecule has 2 N–H and O–H groups in total. The van der Waals surface area contributed by atoms with E-state index in [1.165, 1.54) is 11.1 Å². The van der Waals surface area contributed by atoms with Crippen LogP contribution in [0.4, 0.5) is 0 Å². The fourth-order valence-electron chi connectivity index (χ4n) is 1.74. The molecule has 4 heteroatoms. The van der Waals surface area contributed by atoms with Gasteiger partial charge in [-0.3, -0.25) is 0 Å². The van der Waals surface area contributed by atoms with E-state index >= 15 is 0 Å². The van der Waals surface area contributed by atoms with Gasteiger partial charge in [0.25, 0.3) is 0 Å². The van der Waals surface area contributed by atoms with Crippen LogP contribution in [0.2, 0.25) is 0 Å². The Morgan fingerprint density at radius 2 is 1.94 bits per heavy atom. The molecule has 0 fully saturated rings. The highest BCUT2D eigenvalue weighted by Gasteiger charge is 2.18. The molecule has 1 heterocycles. The minimum atomic E-state index is -0.461. The van der Waals surface area contributed by atoms with Gasteiger partial charge in [-0.15, -0.1) is 5.10 Å². The van der Waals surface area contributed by atoms with E-state index in [2.05, 4.69) is 36.3 Å². The van der Waals surface area contributed by atoms with Crippen LogP contribution in [0.15, 0.2) is 24.4 Å². The summed E-state index contributed by atoms with van der Waals surface area (Å²) >= 11 is 0. The Kier molecular flexibility index (Phi) is 2.75. The summed E-state index contributed by atoms with van der Waals surface area (Å²) in [6.07, 6.45) is 1.89. The first kappa shape index (κ1) is 11.8. The molecule has 2 aromatic rings. The van der Waals surface area contributed by atoms with Gasteiger partial charge in [0.15, 0.2) is 0 Å². The number of benzene rings is 1. The van der Waals surface area contributed by atoms with E-state index < -0.39 is 5.54 Å². The van der Waals surface area contributed by atoms with E-state index in [0.29, 0.717) is 0 Å². The van der Waals surface area contributed by atoms with Crippen molar-refractivity contribution in [1.29, 1.82) is 0 Å². The first-order chi connectivity index (χ1) is 7.88. The third-order valence-corrected chi connectivity index (χ3v) is 2.75. The molecular formula is C13H18N4. The molecule has 0 bridgehead atoms. The van der Waals surface area contributed by atoms with Gasteiger partial charge >= 0.3 is 0 Å². The molecule has 0 aliphatic heterocycles. The van der Waals surface area contributed by atoms with Crippen molar-refractivity contribution >= 4 is 0 Å². The number of hydrogen-bond acceptors (Lipinski definition) is 3. The fraction of sp³-hybridized carbons (Fsp3) is 0.385. The van der Waals surface area contributed by atoms with Crippen LogP contribution in [0.5, 0.6) is 0 Å². The summed E-state index contributed by atoms with van der Waals surface area (Å²) in [5, 5.41) is 8.25. The van der Waals surface area contributed by atoms with Gasteiger partial charge in [0, 0.05) is 0 Å². The molecule has 0 radical (unpaired) electrons.